The molecule has 0 aliphatic rings. The summed E-state index contributed by atoms with van der Waals surface area (Å²) >= 11 is 0. The molecule has 0 saturated carbocycles. The van der Waals surface area contributed by atoms with Gasteiger partial charge in [-0.15, -0.1) is 0 Å². The minimum Gasteiger partial charge on any atom is -0.360 e. The second-order valence-corrected chi connectivity index (χ2v) is 2.18. The summed E-state index contributed by atoms with van der Waals surface area (Å²) in [5, 5.41) is 0. The van der Waals surface area contributed by atoms with E-state index in [0.29, 0.717) is 13.3 Å². The van der Waals surface area contributed by atoms with Crippen molar-refractivity contribution in [1.29, 1.82) is 0 Å². The van der Waals surface area contributed by atoms with Gasteiger partial charge in [0.25, 0.3) is 0 Å². The van der Waals surface area contributed by atoms with E-state index in [1.807, 2.05) is 30.3 Å². The van der Waals surface area contributed by atoms with E-state index in [2.05, 4.69) is 5.43 Å². The minimum atomic E-state index is 0.384. The van der Waals surface area contributed by atoms with Crippen molar-refractivity contribution in [1.82, 2.24) is 5.43 Å². The van der Waals surface area contributed by atoms with Crippen molar-refractivity contribution in [2.75, 3.05) is 6.73 Å². The first-order valence-corrected chi connectivity index (χ1v) is 3.48. The second kappa shape index (κ2) is 4.85. The van der Waals surface area contributed by atoms with E-state index in [-0.39, 0.29) is 0 Å². The molecule has 0 heterocycles. The zero-order valence-electron chi connectivity index (χ0n) is 6.29. The molecule has 0 radical (unpaired) electrons. The maximum atomic E-state index is 5.13. The Labute approximate surface area is 66.1 Å². The van der Waals surface area contributed by atoms with E-state index in [9.17, 15) is 0 Å². The molecule has 3 heteroatoms. The molecule has 1 rings (SSSR count). The molecule has 0 saturated heterocycles. The van der Waals surface area contributed by atoms with E-state index >= 15 is 0 Å². The summed E-state index contributed by atoms with van der Waals surface area (Å²) in [5.74, 6) is 5.02. The van der Waals surface area contributed by atoms with Crippen LogP contribution in [0.2, 0.25) is 0 Å². The summed E-state index contributed by atoms with van der Waals surface area (Å²) in [7, 11) is 0. The molecule has 1 aromatic carbocycles. The molecule has 3 N–H and O–H groups in total. The van der Waals surface area contributed by atoms with Crippen LogP contribution in [0.15, 0.2) is 30.3 Å². The number of ether oxygens (including phenoxy) is 1. The highest BCUT2D eigenvalue weighted by Crippen LogP contribution is 1.98. The number of hydrogen-bond donors (Lipinski definition) is 2. The first kappa shape index (κ1) is 8.20. The van der Waals surface area contributed by atoms with Crippen LogP contribution in [0.1, 0.15) is 5.56 Å². The lowest BCUT2D eigenvalue weighted by Crippen LogP contribution is -2.24. The number of nitrogens with two attached hydrogens (primary N) is 1. The molecule has 3 nitrogen and oxygen atoms in total. The first-order chi connectivity index (χ1) is 5.43. The Balaban J connectivity index is 2.28. The molecule has 0 amide bonds. The number of hydrogen-bond acceptors (Lipinski definition) is 3. The molecule has 0 fully saturated rings. The Morgan fingerprint density at radius 2 is 2.00 bits per heavy atom. The Kier molecular flexibility index (Phi) is 3.61. The van der Waals surface area contributed by atoms with Crippen molar-refractivity contribution in [3.05, 3.63) is 35.9 Å². The number of benzene rings is 1. The van der Waals surface area contributed by atoms with Gasteiger partial charge in [-0.25, -0.2) is 5.43 Å². The third-order valence-electron chi connectivity index (χ3n) is 1.30. The van der Waals surface area contributed by atoms with E-state index in [4.69, 9.17) is 10.6 Å². The molecule has 0 aliphatic carbocycles. The van der Waals surface area contributed by atoms with E-state index in [0.717, 1.165) is 5.56 Å². The normalized spacial score (nSPS) is 9.91. The zero-order valence-corrected chi connectivity index (χ0v) is 6.29. The summed E-state index contributed by atoms with van der Waals surface area (Å²) in [5.41, 5.74) is 3.57. The Bertz CT molecular complexity index is 189. The molecule has 1 aromatic rings. The SMILES string of the molecule is NNCOCc1ccccc1. The largest absolute Gasteiger partial charge is 0.360 e. The monoisotopic (exact) mass is 152 g/mol. The predicted molar refractivity (Wildman–Crippen MR) is 43.4 cm³/mol. The summed E-state index contributed by atoms with van der Waals surface area (Å²) in [4.78, 5) is 0. The smallest absolute Gasteiger partial charge is 0.109 e. The first-order valence-electron chi connectivity index (χ1n) is 3.48. The van der Waals surface area contributed by atoms with Crippen LogP contribution >= 0.6 is 0 Å². The average Bonchev–Trinajstić information content (AvgIpc) is 2.07. The number of hydrazine groups is 1. The number of nitrogens with one attached hydrogen (secondary N) is 1. The summed E-state index contributed by atoms with van der Waals surface area (Å²) in [6.07, 6.45) is 0. The average molecular weight is 152 g/mol. The highest BCUT2D eigenvalue weighted by Gasteiger charge is 1.88. The van der Waals surface area contributed by atoms with Crippen molar-refractivity contribution in [2.24, 2.45) is 5.84 Å². The van der Waals surface area contributed by atoms with Crippen LogP contribution < -0.4 is 11.3 Å². The molecular formula is C8H12N2O. The van der Waals surface area contributed by atoms with Crippen LogP contribution in [-0.4, -0.2) is 6.73 Å². The van der Waals surface area contributed by atoms with Crippen LogP contribution in [0.5, 0.6) is 0 Å². The number of rotatable bonds is 4. The maximum Gasteiger partial charge on any atom is 0.109 e. The molecule has 0 bridgehead atoms. The fraction of sp³-hybridized carbons (Fsp3) is 0.250. The molecule has 0 aromatic heterocycles. The third kappa shape index (κ3) is 3.13. The van der Waals surface area contributed by atoms with Gasteiger partial charge >= 0.3 is 0 Å². The van der Waals surface area contributed by atoms with Gasteiger partial charge in [0.05, 0.1) is 6.61 Å². The quantitative estimate of drug-likeness (QED) is 0.288. The molecule has 0 aliphatic heterocycles. The molecule has 11 heavy (non-hydrogen) atoms. The third-order valence-corrected chi connectivity index (χ3v) is 1.30. The standard InChI is InChI=1S/C8H12N2O/c9-10-7-11-6-8-4-2-1-3-5-8/h1-5,10H,6-7,9H2. The highest BCUT2D eigenvalue weighted by molar-refractivity contribution is 5.13. The summed E-state index contributed by atoms with van der Waals surface area (Å²) in [6, 6.07) is 9.96. The molecule has 0 unspecified atom stereocenters. The van der Waals surface area contributed by atoms with Crippen molar-refractivity contribution < 1.29 is 4.74 Å². The van der Waals surface area contributed by atoms with Crippen molar-refractivity contribution in [3.63, 3.8) is 0 Å². The minimum absolute atomic E-state index is 0.384. The molecule has 0 atom stereocenters. The van der Waals surface area contributed by atoms with Gasteiger partial charge in [0, 0.05) is 0 Å². The highest BCUT2D eigenvalue weighted by atomic mass is 16.5. The van der Waals surface area contributed by atoms with Crippen LogP contribution in [0.25, 0.3) is 0 Å². The van der Waals surface area contributed by atoms with Crippen LogP contribution in [0.4, 0.5) is 0 Å². The Morgan fingerprint density at radius 3 is 2.64 bits per heavy atom. The van der Waals surface area contributed by atoms with E-state index in [1.165, 1.54) is 0 Å². The van der Waals surface area contributed by atoms with Crippen LogP contribution in [0.3, 0.4) is 0 Å². The lowest BCUT2D eigenvalue weighted by Gasteiger charge is -2.01. The maximum absolute atomic E-state index is 5.13. The van der Waals surface area contributed by atoms with Gasteiger partial charge in [0.1, 0.15) is 6.73 Å². The van der Waals surface area contributed by atoms with Gasteiger partial charge in [0.2, 0.25) is 0 Å². The molecule has 60 valence electrons. The summed E-state index contributed by atoms with van der Waals surface area (Å²) in [6.45, 7) is 0.986. The second-order valence-electron chi connectivity index (χ2n) is 2.18. The Hall–Kier alpha value is -0.900. The fourth-order valence-corrected chi connectivity index (χ4v) is 0.802. The summed E-state index contributed by atoms with van der Waals surface area (Å²) < 4.78 is 5.13. The zero-order chi connectivity index (χ0) is 7.94. The molecule has 0 spiro atoms. The topological polar surface area (TPSA) is 47.3 Å². The lowest BCUT2D eigenvalue weighted by atomic mass is 10.2. The van der Waals surface area contributed by atoms with Gasteiger partial charge in [-0.05, 0) is 5.56 Å². The van der Waals surface area contributed by atoms with Gasteiger partial charge < -0.3 is 4.74 Å². The van der Waals surface area contributed by atoms with Crippen LogP contribution in [-0.2, 0) is 11.3 Å². The fourth-order valence-electron chi connectivity index (χ4n) is 0.802. The van der Waals surface area contributed by atoms with E-state index in [1.54, 1.807) is 0 Å². The van der Waals surface area contributed by atoms with E-state index < -0.39 is 0 Å². The van der Waals surface area contributed by atoms with Gasteiger partial charge in [-0.1, -0.05) is 30.3 Å². The molecular weight excluding hydrogens is 140 g/mol. The Morgan fingerprint density at radius 1 is 1.27 bits per heavy atom. The van der Waals surface area contributed by atoms with Crippen molar-refractivity contribution in [2.45, 2.75) is 6.61 Å². The van der Waals surface area contributed by atoms with Crippen molar-refractivity contribution >= 4 is 0 Å². The van der Waals surface area contributed by atoms with Crippen molar-refractivity contribution in [3.8, 4) is 0 Å². The van der Waals surface area contributed by atoms with Gasteiger partial charge in [-0.3, -0.25) is 5.84 Å². The van der Waals surface area contributed by atoms with Gasteiger partial charge in [-0.2, -0.15) is 0 Å². The predicted octanol–water partition coefficient (Wildman–Crippen LogP) is 0.624. The van der Waals surface area contributed by atoms with Gasteiger partial charge in [0.15, 0.2) is 0 Å². The lowest BCUT2D eigenvalue weighted by molar-refractivity contribution is 0.104. The van der Waals surface area contributed by atoms with Crippen LogP contribution in [0, 0.1) is 0 Å².